The molecule has 0 aliphatic carbocycles. The van der Waals surface area contributed by atoms with Crippen LogP contribution in [0.1, 0.15) is 29.6 Å². The molecule has 2 aliphatic heterocycles. The Balaban J connectivity index is 1.82. The van der Waals surface area contributed by atoms with E-state index >= 15 is 0 Å². The zero-order chi connectivity index (χ0) is 13.4. The van der Waals surface area contributed by atoms with Crippen LogP contribution in [0.15, 0.2) is 22.7 Å². The van der Waals surface area contributed by atoms with Crippen LogP contribution in [-0.4, -0.2) is 43.4 Å². The van der Waals surface area contributed by atoms with Crippen molar-refractivity contribution in [3.8, 4) is 0 Å². The number of likely N-dealkylation sites (N-methyl/N-ethyl adjacent to an activating group) is 1. The van der Waals surface area contributed by atoms with Crippen molar-refractivity contribution in [3.63, 3.8) is 0 Å². The molecule has 2 unspecified atom stereocenters. The van der Waals surface area contributed by atoms with Crippen LogP contribution < -0.4 is 4.90 Å². The molecule has 0 aromatic heterocycles. The van der Waals surface area contributed by atoms with Crippen molar-refractivity contribution in [1.82, 2.24) is 4.90 Å². The molecule has 0 N–H and O–H groups in total. The molecule has 3 rings (SSSR count). The average Bonchev–Trinajstić information content (AvgIpc) is 2.63. The maximum Gasteiger partial charge on any atom is 0.151 e. The summed E-state index contributed by atoms with van der Waals surface area (Å²) < 4.78 is 0.891. The molecule has 2 fully saturated rings. The van der Waals surface area contributed by atoms with Crippen LogP contribution in [-0.2, 0) is 0 Å². The van der Waals surface area contributed by atoms with E-state index in [1.807, 2.05) is 6.07 Å². The van der Waals surface area contributed by atoms with Gasteiger partial charge in [0.2, 0.25) is 0 Å². The molecule has 2 aliphatic rings. The predicted molar refractivity (Wildman–Crippen MR) is 80.9 cm³/mol. The Morgan fingerprint density at radius 1 is 1.26 bits per heavy atom. The smallest absolute Gasteiger partial charge is 0.151 e. The Morgan fingerprint density at radius 3 is 2.79 bits per heavy atom. The van der Waals surface area contributed by atoms with E-state index in [1.165, 1.54) is 24.9 Å². The van der Waals surface area contributed by atoms with Gasteiger partial charge in [-0.1, -0.05) is 0 Å². The number of fused-ring (bicyclic) bond motifs is 2. The zero-order valence-electron chi connectivity index (χ0n) is 11.2. The molecular weight excluding hydrogens is 304 g/mol. The Morgan fingerprint density at radius 2 is 2.05 bits per heavy atom. The van der Waals surface area contributed by atoms with Crippen LogP contribution in [0.2, 0.25) is 0 Å². The van der Waals surface area contributed by atoms with E-state index in [1.54, 1.807) is 0 Å². The van der Waals surface area contributed by atoms with Crippen LogP contribution in [0.3, 0.4) is 0 Å². The minimum absolute atomic E-state index is 0.678. The second-order valence-electron chi connectivity index (χ2n) is 5.61. The van der Waals surface area contributed by atoms with Crippen LogP contribution in [0, 0.1) is 0 Å². The third-order valence-electron chi connectivity index (χ3n) is 4.62. The molecule has 102 valence electrons. The van der Waals surface area contributed by atoms with E-state index in [-0.39, 0.29) is 0 Å². The highest BCUT2D eigenvalue weighted by molar-refractivity contribution is 9.10. The lowest BCUT2D eigenvalue weighted by atomic mass is 10.1. The number of nitrogens with zero attached hydrogens (tertiary/aromatic N) is 2. The van der Waals surface area contributed by atoms with Crippen LogP contribution >= 0.6 is 15.9 Å². The Bertz CT molecular complexity index is 491. The lowest BCUT2D eigenvalue weighted by Crippen LogP contribution is -2.36. The molecule has 1 aromatic carbocycles. The number of hydrogen-bond acceptors (Lipinski definition) is 3. The molecule has 2 saturated heterocycles. The number of carbonyl (C=O) groups excluding carboxylic acids is 1. The third kappa shape index (κ3) is 2.43. The van der Waals surface area contributed by atoms with Crippen molar-refractivity contribution >= 4 is 27.9 Å². The van der Waals surface area contributed by atoms with E-state index in [4.69, 9.17) is 0 Å². The van der Waals surface area contributed by atoms with Crippen LogP contribution in [0.25, 0.3) is 0 Å². The van der Waals surface area contributed by atoms with E-state index in [0.29, 0.717) is 6.04 Å². The Kier molecular flexibility index (Phi) is 3.63. The van der Waals surface area contributed by atoms with Crippen molar-refractivity contribution in [2.45, 2.75) is 31.3 Å². The van der Waals surface area contributed by atoms with Gasteiger partial charge in [0.05, 0.1) is 0 Å². The number of hydrogen-bond donors (Lipinski definition) is 0. The highest BCUT2D eigenvalue weighted by atomic mass is 79.9. The van der Waals surface area contributed by atoms with Crippen LogP contribution in [0.5, 0.6) is 0 Å². The molecule has 0 radical (unpaired) electrons. The molecule has 4 heteroatoms. The summed E-state index contributed by atoms with van der Waals surface area (Å²) in [5, 5.41) is 0. The predicted octanol–water partition coefficient (Wildman–Crippen LogP) is 2.93. The van der Waals surface area contributed by atoms with E-state index in [9.17, 15) is 4.79 Å². The molecule has 3 nitrogen and oxygen atoms in total. The van der Waals surface area contributed by atoms with Crippen molar-refractivity contribution in [3.05, 3.63) is 28.2 Å². The first-order valence-corrected chi connectivity index (χ1v) is 7.70. The Labute approximate surface area is 122 Å². The summed E-state index contributed by atoms with van der Waals surface area (Å²) in [6.07, 6.45) is 4.79. The van der Waals surface area contributed by atoms with Gasteiger partial charge in [-0.15, -0.1) is 0 Å². The van der Waals surface area contributed by atoms with Crippen molar-refractivity contribution < 1.29 is 4.79 Å². The number of anilines is 1. The summed E-state index contributed by atoms with van der Waals surface area (Å²) >= 11 is 3.48. The molecule has 2 bridgehead atoms. The van der Waals surface area contributed by atoms with Gasteiger partial charge in [-0.2, -0.15) is 0 Å². The molecule has 0 saturated carbocycles. The fraction of sp³-hybridized carbons (Fsp3) is 0.533. The summed E-state index contributed by atoms with van der Waals surface area (Å²) in [6.45, 7) is 2.21. The Hall–Kier alpha value is -0.870. The lowest BCUT2D eigenvalue weighted by molar-refractivity contribution is 0.112. The topological polar surface area (TPSA) is 23.6 Å². The molecule has 2 heterocycles. The normalized spacial score (nSPS) is 27.4. The zero-order valence-corrected chi connectivity index (χ0v) is 12.8. The minimum atomic E-state index is 0.678. The van der Waals surface area contributed by atoms with Gasteiger partial charge in [0.25, 0.3) is 0 Å². The van der Waals surface area contributed by atoms with Gasteiger partial charge in [-0.3, -0.25) is 9.69 Å². The molecule has 0 spiro atoms. The summed E-state index contributed by atoms with van der Waals surface area (Å²) in [5.41, 5.74) is 1.94. The highest BCUT2D eigenvalue weighted by Crippen LogP contribution is 2.32. The molecular formula is C15H19BrN2O. The fourth-order valence-electron chi connectivity index (χ4n) is 3.35. The molecule has 0 amide bonds. The fourth-order valence-corrected chi connectivity index (χ4v) is 3.81. The second-order valence-corrected chi connectivity index (χ2v) is 6.46. The quantitative estimate of drug-likeness (QED) is 0.782. The monoisotopic (exact) mass is 322 g/mol. The van der Waals surface area contributed by atoms with Gasteiger partial charge >= 0.3 is 0 Å². The van der Waals surface area contributed by atoms with E-state index < -0.39 is 0 Å². The van der Waals surface area contributed by atoms with E-state index in [0.717, 1.165) is 35.5 Å². The van der Waals surface area contributed by atoms with Crippen LogP contribution in [0.4, 0.5) is 5.69 Å². The third-order valence-corrected chi connectivity index (χ3v) is 5.31. The molecule has 19 heavy (non-hydrogen) atoms. The first-order chi connectivity index (χ1) is 9.19. The van der Waals surface area contributed by atoms with Crippen molar-refractivity contribution in [1.29, 1.82) is 0 Å². The molecule has 1 aromatic rings. The van der Waals surface area contributed by atoms with Gasteiger partial charge in [-0.25, -0.2) is 0 Å². The van der Waals surface area contributed by atoms with Gasteiger partial charge in [0.1, 0.15) is 0 Å². The number of aldehydes is 1. The lowest BCUT2D eigenvalue weighted by Gasteiger charge is -2.27. The van der Waals surface area contributed by atoms with Gasteiger partial charge < -0.3 is 4.90 Å². The number of benzene rings is 1. The maximum atomic E-state index is 10.9. The summed E-state index contributed by atoms with van der Waals surface area (Å²) in [6, 6.07) is 7.47. The number of halogens is 1. The maximum absolute atomic E-state index is 10.9. The standard InChI is InChI=1S/C15H19BrN2O/c1-17-12-4-5-14(17)9-18(7-6-12)13-3-2-11(10-19)15(16)8-13/h2-3,8,10,12,14H,4-7,9H2,1H3. The largest absolute Gasteiger partial charge is 0.370 e. The summed E-state index contributed by atoms with van der Waals surface area (Å²) in [7, 11) is 2.26. The molecule has 2 atom stereocenters. The second kappa shape index (κ2) is 5.25. The van der Waals surface area contributed by atoms with E-state index in [2.05, 4.69) is 44.9 Å². The van der Waals surface area contributed by atoms with Gasteiger partial charge in [-0.05, 0) is 60.4 Å². The first kappa shape index (κ1) is 13.1. The van der Waals surface area contributed by atoms with Crippen molar-refractivity contribution in [2.24, 2.45) is 0 Å². The summed E-state index contributed by atoms with van der Waals surface area (Å²) in [5.74, 6) is 0. The number of carbonyl (C=O) groups is 1. The summed E-state index contributed by atoms with van der Waals surface area (Å²) in [4.78, 5) is 15.9. The van der Waals surface area contributed by atoms with Gasteiger partial charge in [0.15, 0.2) is 6.29 Å². The van der Waals surface area contributed by atoms with Crippen molar-refractivity contribution in [2.75, 3.05) is 25.0 Å². The average molecular weight is 323 g/mol. The first-order valence-electron chi connectivity index (χ1n) is 6.90. The van der Waals surface area contributed by atoms with Gasteiger partial charge in [0, 0.05) is 40.9 Å². The minimum Gasteiger partial charge on any atom is -0.370 e. The SMILES string of the molecule is CN1C2CCC1CN(c1ccc(C=O)c(Br)c1)CC2. The highest BCUT2D eigenvalue weighted by Gasteiger charge is 2.34. The number of rotatable bonds is 2.